The van der Waals surface area contributed by atoms with Crippen LogP contribution in [-0.2, 0) is 31.1 Å². The van der Waals surface area contributed by atoms with Crippen molar-refractivity contribution in [3.8, 4) is 0 Å². The van der Waals surface area contributed by atoms with Gasteiger partial charge in [-0.3, -0.25) is 0 Å². The minimum absolute atomic E-state index is 0.0113. The van der Waals surface area contributed by atoms with Gasteiger partial charge in [0.25, 0.3) is 0 Å². The third kappa shape index (κ3) is 7.88. The molecule has 1 atom stereocenters. The Morgan fingerprint density at radius 2 is 1.93 bits per heavy atom. The van der Waals surface area contributed by atoms with Crippen LogP contribution in [-0.4, -0.2) is 18.5 Å². The van der Waals surface area contributed by atoms with E-state index < -0.39 is 12.0 Å². The van der Waals surface area contributed by atoms with Gasteiger partial charge in [-0.25, -0.2) is 0 Å². The van der Waals surface area contributed by atoms with Crippen LogP contribution < -0.4 is 0 Å². The van der Waals surface area contributed by atoms with Gasteiger partial charge in [-0.1, -0.05) is 0 Å². The number of halogens is 2. The van der Waals surface area contributed by atoms with Crippen LogP contribution in [0.1, 0.15) is 13.8 Å². The Labute approximate surface area is 101 Å². The molecule has 0 spiro atoms. The number of rotatable bonds is 5. The zero-order chi connectivity index (χ0) is 11.1. The van der Waals surface area contributed by atoms with Gasteiger partial charge in [-0.2, -0.15) is 0 Å². The van der Waals surface area contributed by atoms with Gasteiger partial charge in [0, 0.05) is 0 Å². The number of carbonyl (C=O) groups excluding carboxylic acids is 2. The molecule has 14 heavy (non-hydrogen) atoms. The summed E-state index contributed by atoms with van der Waals surface area (Å²) in [6, 6.07) is 0. The molecule has 0 saturated carbocycles. The van der Waals surface area contributed by atoms with Gasteiger partial charge in [0.1, 0.15) is 0 Å². The summed E-state index contributed by atoms with van der Waals surface area (Å²) in [6.45, 7) is 4.34. The molecule has 0 bridgehead atoms. The van der Waals surface area contributed by atoms with Crippen molar-refractivity contribution in [3.63, 3.8) is 0 Å². The van der Waals surface area contributed by atoms with Crippen LogP contribution in [0.5, 0.6) is 0 Å². The number of hydrogen-bond acceptors (Lipinski definition) is 4. The van der Waals surface area contributed by atoms with Gasteiger partial charge in [0.15, 0.2) is 0 Å². The standard InChI is InChI=1S/C7H10O4.2BrH.Zn/c1-6(8)10-4-3-5-11-7(2)9;;;/h3-4H,5H2,1-2H3;2*1H;/q;;;+2/p-2. The summed E-state index contributed by atoms with van der Waals surface area (Å²) < 4.78 is 9.55. The summed E-state index contributed by atoms with van der Waals surface area (Å²) in [5.74, 6) is -0.706. The Morgan fingerprint density at radius 3 is 2.29 bits per heavy atom. The molecule has 0 amide bonds. The van der Waals surface area contributed by atoms with E-state index >= 15 is 0 Å². The molecule has 0 aromatic carbocycles. The van der Waals surface area contributed by atoms with E-state index in [1.165, 1.54) is 20.5 Å². The third-order valence-electron chi connectivity index (χ3n) is 1.32. The first-order valence-corrected chi connectivity index (χ1v) is 19.6. The Morgan fingerprint density at radius 1 is 1.36 bits per heavy atom. The third-order valence-corrected chi connectivity index (χ3v) is 12.5. The molecule has 1 unspecified atom stereocenters. The molecule has 0 aliphatic rings. The quantitative estimate of drug-likeness (QED) is 0.540. The van der Waals surface area contributed by atoms with E-state index in [0.29, 0.717) is 0 Å². The van der Waals surface area contributed by atoms with Crippen LogP contribution >= 0.6 is 27.2 Å². The van der Waals surface area contributed by atoms with Crippen LogP contribution in [0, 0.1) is 6.61 Å². The zero-order valence-corrected chi connectivity index (χ0v) is 14.1. The number of hydrogen-bond donors (Lipinski definition) is 0. The molecule has 4 nitrogen and oxygen atoms in total. The molecule has 0 heterocycles. The molecule has 1 radical (unpaired) electrons. The molecule has 0 saturated heterocycles. The second-order valence-corrected chi connectivity index (χ2v) is 27.0. The van der Waals surface area contributed by atoms with Crippen molar-refractivity contribution in [2.45, 2.75) is 18.4 Å². The zero-order valence-electron chi connectivity index (χ0n) is 7.96. The summed E-state index contributed by atoms with van der Waals surface area (Å²) in [5.41, 5.74) is 0. The molecule has 0 rings (SSSR count). The minimum atomic E-state index is -2.02. The monoisotopic (exact) mass is 380 g/mol. The SMILES string of the molecule is CC(=O)O[CH][CH](COC(C)=O)[Zn]([Br])[Br]. The Bertz CT molecular complexity index is 192. The first-order valence-electron chi connectivity index (χ1n) is 4.03. The second-order valence-electron chi connectivity index (χ2n) is 2.72. The molecular formula is C7H10Br2O4Zn. The number of esters is 2. The average molecular weight is 383 g/mol. The van der Waals surface area contributed by atoms with Crippen molar-refractivity contribution in [3.05, 3.63) is 6.61 Å². The molecule has 0 N–H and O–H groups in total. The molecule has 0 aliphatic carbocycles. The van der Waals surface area contributed by atoms with Gasteiger partial charge in [-0.05, 0) is 0 Å². The maximum atomic E-state index is 10.6. The van der Waals surface area contributed by atoms with Gasteiger partial charge in [0.2, 0.25) is 0 Å². The van der Waals surface area contributed by atoms with Crippen LogP contribution in [0.4, 0.5) is 0 Å². The Balaban J connectivity index is 3.89. The fourth-order valence-corrected chi connectivity index (χ4v) is 5.27. The normalized spacial score (nSPS) is 9.79. The summed E-state index contributed by atoms with van der Waals surface area (Å²) in [7, 11) is 0. The van der Waals surface area contributed by atoms with Crippen molar-refractivity contribution >= 4 is 39.2 Å². The van der Waals surface area contributed by atoms with Gasteiger partial charge < -0.3 is 0 Å². The van der Waals surface area contributed by atoms with E-state index in [2.05, 4.69) is 27.2 Å². The van der Waals surface area contributed by atoms with Crippen molar-refractivity contribution in [2.75, 3.05) is 6.61 Å². The fraction of sp³-hybridized carbons (Fsp3) is 0.571. The van der Waals surface area contributed by atoms with E-state index in [9.17, 15) is 9.59 Å². The molecular weight excluding hydrogens is 373 g/mol. The van der Waals surface area contributed by atoms with Crippen molar-refractivity contribution in [1.82, 2.24) is 0 Å². The molecule has 0 fully saturated rings. The maximum absolute atomic E-state index is 10.6. The topological polar surface area (TPSA) is 52.6 Å². The number of ether oxygens (including phenoxy) is 2. The molecule has 7 heteroatoms. The first-order chi connectivity index (χ1) is 6.43. The van der Waals surface area contributed by atoms with Crippen LogP contribution in [0.3, 0.4) is 0 Å². The molecule has 0 aromatic heterocycles. The molecule has 0 aromatic rings. The first kappa shape index (κ1) is 14.5. The van der Waals surface area contributed by atoms with E-state index in [0.717, 1.165) is 0 Å². The fourth-order valence-electron chi connectivity index (χ4n) is 0.618. The Kier molecular flexibility index (Phi) is 8.06. The van der Waals surface area contributed by atoms with E-state index in [4.69, 9.17) is 9.47 Å². The second kappa shape index (κ2) is 7.77. The van der Waals surface area contributed by atoms with Crippen LogP contribution in [0.25, 0.3) is 0 Å². The van der Waals surface area contributed by atoms with Crippen molar-refractivity contribution < 1.29 is 31.1 Å². The van der Waals surface area contributed by atoms with E-state index in [-0.39, 0.29) is 23.1 Å². The van der Waals surface area contributed by atoms with Gasteiger partial charge >= 0.3 is 102 Å². The number of carbonyl (C=O) groups is 2. The molecule has 0 aliphatic heterocycles. The summed E-state index contributed by atoms with van der Waals surface area (Å²) >= 11 is 4.88. The van der Waals surface area contributed by atoms with Crippen molar-refractivity contribution in [1.29, 1.82) is 0 Å². The Hall–Kier alpha value is 0.523. The van der Waals surface area contributed by atoms with Gasteiger partial charge in [0.05, 0.1) is 0 Å². The average Bonchev–Trinajstić information content (AvgIpc) is 2.02. The van der Waals surface area contributed by atoms with E-state index in [1.54, 1.807) is 0 Å². The summed E-state index contributed by atoms with van der Waals surface area (Å²) in [4.78, 5) is 21.1. The van der Waals surface area contributed by atoms with Crippen LogP contribution in [0.15, 0.2) is 0 Å². The van der Waals surface area contributed by atoms with Gasteiger partial charge in [-0.15, -0.1) is 0 Å². The predicted molar refractivity (Wildman–Crippen MR) is 54.3 cm³/mol. The summed E-state index contributed by atoms with van der Waals surface area (Å²) in [6.07, 6.45) is 0. The predicted octanol–water partition coefficient (Wildman–Crippen LogP) is 2.30. The van der Waals surface area contributed by atoms with E-state index in [1.807, 2.05) is 0 Å². The molecule has 78 valence electrons. The summed E-state index contributed by atoms with van der Waals surface area (Å²) in [5, 5.41) is 0. The van der Waals surface area contributed by atoms with Crippen molar-refractivity contribution in [2.24, 2.45) is 0 Å². The van der Waals surface area contributed by atoms with Crippen LogP contribution in [0.2, 0.25) is 4.51 Å².